The minimum Gasteiger partial charge on any atom is -0.342 e. The van der Waals surface area contributed by atoms with Gasteiger partial charge in [0.2, 0.25) is 5.91 Å². The van der Waals surface area contributed by atoms with Crippen LogP contribution in [0, 0.1) is 5.41 Å². The summed E-state index contributed by atoms with van der Waals surface area (Å²) in [5, 5.41) is 4.22. The second kappa shape index (κ2) is 5.95. The lowest BCUT2D eigenvalue weighted by atomic mass is 9.81. The number of carbonyl (C=O) groups is 1. The number of amides is 1. The maximum atomic E-state index is 12.8. The van der Waals surface area contributed by atoms with Crippen LogP contribution in [0.15, 0.2) is 12.4 Å². The van der Waals surface area contributed by atoms with Crippen LogP contribution in [0.1, 0.15) is 44.6 Å². The molecule has 1 unspecified atom stereocenters. The lowest BCUT2D eigenvalue weighted by Crippen LogP contribution is -2.46. The Labute approximate surface area is 121 Å². The molecule has 1 aromatic rings. The molecule has 0 aliphatic carbocycles. The lowest BCUT2D eigenvalue weighted by molar-refractivity contribution is -0.141. The Bertz CT molecular complexity index is 456. The molecular weight excluding hydrogens is 252 g/mol. The number of aromatic nitrogens is 2. The average Bonchev–Trinajstić information content (AvgIpc) is 3.09. The van der Waals surface area contributed by atoms with E-state index in [4.69, 9.17) is 5.73 Å². The first-order valence-electron chi connectivity index (χ1n) is 7.54. The Morgan fingerprint density at radius 1 is 1.50 bits per heavy atom. The first-order valence-corrected chi connectivity index (χ1v) is 7.54. The zero-order valence-corrected chi connectivity index (χ0v) is 12.8. The third-order valence-corrected chi connectivity index (χ3v) is 4.87. The molecule has 5 nitrogen and oxygen atoms in total. The van der Waals surface area contributed by atoms with Crippen LogP contribution in [0.25, 0.3) is 0 Å². The van der Waals surface area contributed by atoms with Crippen LogP contribution in [0.3, 0.4) is 0 Å². The van der Waals surface area contributed by atoms with E-state index in [1.54, 1.807) is 0 Å². The van der Waals surface area contributed by atoms with Crippen molar-refractivity contribution in [3.8, 4) is 0 Å². The summed E-state index contributed by atoms with van der Waals surface area (Å²) in [4.78, 5) is 14.8. The zero-order chi connectivity index (χ0) is 14.8. The second-order valence-corrected chi connectivity index (χ2v) is 5.88. The topological polar surface area (TPSA) is 64.2 Å². The second-order valence-electron chi connectivity index (χ2n) is 5.88. The van der Waals surface area contributed by atoms with Crippen molar-refractivity contribution in [3.05, 3.63) is 18.0 Å². The maximum Gasteiger partial charge on any atom is 0.230 e. The van der Waals surface area contributed by atoms with Crippen molar-refractivity contribution in [2.24, 2.45) is 18.2 Å². The van der Waals surface area contributed by atoms with E-state index in [1.807, 2.05) is 22.8 Å². The van der Waals surface area contributed by atoms with Gasteiger partial charge < -0.3 is 10.6 Å². The number of hydrogen-bond acceptors (Lipinski definition) is 3. The van der Waals surface area contributed by atoms with E-state index >= 15 is 0 Å². The molecule has 1 aliphatic heterocycles. The van der Waals surface area contributed by atoms with Crippen molar-refractivity contribution in [2.75, 3.05) is 19.6 Å². The molecule has 1 saturated heterocycles. The molecule has 20 heavy (non-hydrogen) atoms. The molecule has 0 aromatic carbocycles. The van der Waals surface area contributed by atoms with Crippen molar-refractivity contribution in [1.29, 1.82) is 0 Å². The van der Waals surface area contributed by atoms with Gasteiger partial charge in [-0.05, 0) is 24.8 Å². The van der Waals surface area contributed by atoms with E-state index in [1.165, 1.54) is 5.56 Å². The Kier molecular flexibility index (Phi) is 4.48. The molecule has 1 atom stereocenters. The van der Waals surface area contributed by atoms with Crippen LogP contribution >= 0.6 is 0 Å². The average molecular weight is 278 g/mol. The van der Waals surface area contributed by atoms with E-state index in [-0.39, 0.29) is 11.3 Å². The largest absolute Gasteiger partial charge is 0.342 e. The van der Waals surface area contributed by atoms with Gasteiger partial charge in [-0.3, -0.25) is 9.48 Å². The Hall–Kier alpha value is -1.36. The van der Waals surface area contributed by atoms with Crippen LogP contribution in [-0.2, 0) is 11.8 Å². The van der Waals surface area contributed by atoms with Crippen LogP contribution in [0.2, 0.25) is 0 Å². The SMILES string of the molecule is CCC(CC)(CN)C(=O)N1CCC(c2cnn(C)c2)C1. The fourth-order valence-corrected chi connectivity index (χ4v) is 3.13. The molecule has 0 bridgehead atoms. The van der Waals surface area contributed by atoms with Crippen molar-refractivity contribution >= 4 is 5.91 Å². The number of rotatable bonds is 5. The lowest BCUT2D eigenvalue weighted by Gasteiger charge is -2.33. The van der Waals surface area contributed by atoms with Gasteiger partial charge in [0.05, 0.1) is 11.6 Å². The number of likely N-dealkylation sites (tertiary alicyclic amines) is 1. The molecule has 0 radical (unpaired) electrons. The Balaban J connectivity index is 2.07. The monoisotopic (exact) mass is 278 g/mol. The molecule has 2 N–H and O–H groups in total. The molecule has 5 heteroatoms. The molecule has 1 fully saturated rings. The summed E-state index contributed by atoms with van der Waals surface area (Å²) in [6.07, 6.45) is 6.61. The van der Waals surface area contributed by atoms with Crippen LogP contribution in [-0.4, -0.2) is 40.2 Å². The summed E-state index contributed by atoms with van der Waals surface area (Å²) >= 11 is 0. The molecule has 2 rings (SSSR count). The van der Waals surface area contributed by atoms with E-state index in [0.717, 1.165) is 32.4 Å². The molecule has 0 spiro atoms. The Morgan fingerprint density at radius 3 is 2.70 bits per heavy atom. The van der Waals surface area contributed by atoms with Crippen molar-refractivity contribution in [3.63, 3.8) is 0 Å². The molecule has 1 amide bonds. The highest BCUT2D eigenvalue weighted by molar-refractivity contribution is 5.83. The fourth-order valence-electron chi connectivity index (χ4n) is 3.13. The minimum absolute atomic E-state index is 0.233. The number of hydrogen-bond donors (Lipinski definition) is 1. The zero-order valence-electron chi connectivity index (χ0n) is 12.8. The van der Waals surface area contributed by atoms with E-state index < -0.39 is 0 Å². The summed E-state index contributed by atoms with van der Waals surface area (Å²) in [6, 6.07) is 0. The summed E-state index contributed by atoms with van der Waals surface area (Å²) in [6.45, 7) is 6.19. The first kappa shape index (κ1) is 15.0. The Morgan fingerprint density at radius 2 is 2.20 bits per heavy atom. The standard InChI is InChI=1S/C15H26N4O/c1-4-15(5-2,11-16)14(20)19-7-6-12(10-19)13-8-17-18(3)9-13/h8-9,12H,4-7,10-11,16H2,1-3H3. The predicted molar refractivity (Wildman–Crippen MR) is 79.2 cm³/mol. The van der Waals surface area contributed by atoms with Crippen LogP contribution in [0.4, 0.5) is 0 Å². The summed E-state index contributed by atoms with van der Waals surface area (Å²) < 4.78 is 1.82. The van der Waals surface area contributed by atoms with Crippen LogP contribution in [0.5, 0.6) is 0 Å². The normalized spacial score (nSPS) is 19.6. The maximum absolute atomic E-state index is 12.8. The van der Waals surface area contributed by atoms with E-state index in [0.29, 0.717) is 12.5 Å². The summed E-state index contributed by atoms with van der Waals surface area (Å²) in [7, 11) is 1.93. The quantitative estimate of drug-likeness (QED) is 0.887. The number of aryl methyl sites for hydroxylation is 1. The van der Waals surface area contributed by atoms with Crippen molar-refractivity contribution < 1.29 is 4.79 Å². The molecule has 2 heterocycles. The third-order valence-electron chi connectivity index (χ3n) is 4.87. The first-order chi connectivity index (χ1) is 9.56. The van der Waals surface area contributed by atoms with Gasteiger partial charge in [0.25, 0.3) is 0 Å². The fraction of sp³-hybridized carbons (Fsp3) is 0.733. The van der Waals surface area contributed by atoms with Gasteiger partial charge in [-0.25, -0.2) is 0 Å². The highest BCUT2D eigenvalue weighted by Crippen LogP contribution is 2.33. The predicted octanol–water partition coefficient (Wildman–Crippen LogP) is 1.50. The smallest absolute Gasteiger partial charge is 0.230 e. The van der Waals surface area contributed by atoms with E-state index in [9.17, 15) is 4.79 Å². The van der Waals surface area contributed by atoms with Gasteiger partial charge in [-0.2, -0.15) is 5.10 Å². The van der Waals surface area contributed by atoms with Gasteiger partial charge in [-0.15, -0.1) is 0 Å². The third kappa shape index (κ3) is 2.59. The van der Waals surface area contributed by atoms with Gasteiger partial charge in [-0.1, -0.05) is 13.8 Å². The van der Waals surface area contributed by atoms with Gasteiger partial charge in [0.1, 0.15) is 0 Å². The molecule has 0 saturated carbocycles. The molecule has 112 valence electrons. The number of nitrogens with zero attached hydrogens (tertiary/aromatic N) is 3. The van der Waals surface area contributed by atoms with E-state index in [2.05, 4.69) is 25.1 Å². The molecule has 1 aliphatic rings. The highest BCUT2D eigenvalue weighted by Gasteiger charge is 2.39. The van der Waals surface area contributed by atoms with Crippen molar-refractivity contribution in [2.45, 2.75) is 39.0 Å². The van der Waals surface area contributed by atoms with Gasteiger partial charge >= 0.3 is 0 Å². The van der Waals surface area contributed by atoms with Crippen LogP contribution < -0.4 is 5.73 Å². The molecule has 1 aromatic heterocycles. The molecular formula is C15H26N4O. The van der Waals surface area contributed by atoms with Gasteiger partial charge in [0.15, 0.2) is 0 Å². The number of nitrogens with two attached hydrogens (primary N) is 1. The minimum atomic E-state index is -0.371. The number of carbonyl (C=O) groups excluding carboxylic acids is 1. The summed E-state index contributed by atoms with van der Waals surface area (Å²) in [5.74, 6) is 0.647. The summed E-state index contributed by atoms with van der Waals surface area (Å²) in [5.41, 5.74) is 6.75. The van der Waals surface area contributed by atoms with Gasteiger partial charge in [0, 0.05) is 38.8 Å². The highest BCUT2D eigenvalue weighted by atomic mass is 16.2. The van der Waals surface area contributed by atoms with Crippen molar-refractivity contribution in [1.82, 2.24) is 14.7 Å².